The molecule has 0 aliphatic rings. The van der Waals surface area contributed by atoms with Gasteiger partial charge in [-0.2, -0.15) is 0 Å². The zero-order valence-corrected chi connectivity index (χ0v) is 18.4. The van der Waals surface area contributed by atoms with Gasteiger partial charge < -0.3 is 18.8 Å². The topological polar surface area (TPSA) is 58.4 Å². The molecule has 0 fully saturated rings. The van der Waals surface area contributed by atoms with Crippen LogP contribution in [0.2, 0.25) is 0 Å². The molecule has 2 aromatic carbocycles. The Labute approximate surface area is 180 Å². The van der Waals surface area contributed by atoms with Crippen LogP contribution < -0.4 is 14.2 Å². The van der Waals surface area contributed by atoms with Crippen LogP contribution in [0.4, 0.5) is 4.39 Å². The predicted molar refractivity (Wildman–Crippen MR) is 115 cm³/mol. The van der Waals surface area contributed by atoms with E-state index < -0.39 is 11.9 Å². The van der Waals surface area contributed by atoms with E-state index in [2.05, 4.69) is 24.0 Å². The number of rotatable bonds is 10. The zero-order valence-electron chi connectivity index (χ0n) is 17.5. The van der Waals surface area contributed by atoms with Crippen LogP contribution in [-0.4, -0.2) is 34.2 Å². The summed E-state index contributed by atoms with van der Waals surface area (Å²) in [5, 5.41) is 9.41. The molecule has 160 valence electrons. The van der Waals surface area contributed by atoms with Gasteiger partial charge in [0.15, 0.2) is 28.7 Å². The number of aromatic nitrogens is 3. The van der Waals surface area contributed by atoms with Crippen LogP contribution in [0.5, 0.6) is 17.2 Å². The fourth-order valence-electron chi connectivity index (χ4n) is 2.90. The molecule has 0 aliphatic carbocycles. The average Bonchev–Trinajstić information content (AvgIpc) is 3.18. The second kappa shape index (κ2) is 10.3. The van der Waals surface area contributed by atoms with Crippen molar-refractivity contribution in [3.8, 4) is 17.2 Å². The molecule has 0 spiro atoms. The summed E-state index contributed by atoms with van der Waals surface area (Å²) in [6, 6.07) is 14.0. The van der Waals surface area contributed by atoms with Crippen LogP contribution in [-0.2, 0) is 0 Å². The van der Waals surface area contributed by atoms with Crippen molar-refractivity contribution in [3.05, 3.63) is 60.2 Å². The van der Waals surface area contributed by atoms with Gasteiger partial charge >= 0.3 is 0 Å². The molecule has 30 heavy (non-hydrogen) atoms. The number of benzene rings is 2. The van der Waals surface area contributed by atoms with Crippen molar-refractivity contribution >= 4 is 11.8 Å². The summed E-state index contributed by atoms with van der Waals surface area (Å²) < 4.78 is 32.7. The summed E-state index contributed by atoms with van der Waals surface area (Å²) in [6.45, 7) is 6.48. The lowest BCUT2D eigenvalue weighted by atomic mass is 10.3. The van der Waals surface area contributed by atoms with E-state index in [1.165, 1.54) is 6.07 Å². The maximum absolute atomic E-state index is 13.9. The van der Waals surface area contributed by atoms with Gasteiger partial charge in [-0.1, -0.05) is 23.9 Å². The first-order chi connectivity index (χ1) is 14.5. The molecule has 0 aliphatic heterocycles. The van der Waals surface area contributed by atoms with Crippen LogP contribution in [0.1, 0.15) is 38.7 Å². The quantitative estimate of drug-likeness (QED) is 0.320. The van der Waals surface area contributed by atoms with Crippen molar-refractivity contribution < 1.29 is 18.6 Å². The maximum Gasteiger partial charge on any atom is 0.191 e. The Kier molecular flexibility index (Phi) is 7.57. The smallest absolute Gasteiger partial charge is 0.191 e. The number of hydrogen-bond acceptors (Lipinski definition) is 6. The van der Waals surface area contributed by atoms with Gasteiger partial charge in [-0.25, -0.2) is 4.39 Å². The second-order valence-corrected chi connectivity index (χ2v) is 7.93. The molecule has 0 amide bonds. The van der Waals surface area contributed by atoms with Crippen molar-refractivity contribution in [1.29, 1.82) is 0 Å². The van der Waals surface area contributed by atoms with E-state index >= 15 is 0 Å². The molecule has 3 rings (SSSR count). The number of para-hydroxylation sites is 1. The molecule has 1 heterocycles. The zero-order chi connectivity index (χ0) is 21.5. The lowest BCUT2D eigenvalue weighted by Crippen LogP contribution is -2.15. The van der Waals surface area contributed by atoms with Gasteiger partial charge in [0.1, 0.15) is 11.5 Å². The van der Waals surface area contributed by atoms with Gasteiger partial charge in [0.25, 0.3) is 0 Å². The lowest BCUT2D eigenvalue weighted by molar-refractivity contribution is 0.198. The van der Waals surface area contributed by atoms with Gasteiger partial charge in [0.2, 0.25) is 0 Å². The fraction of sp³-hybridized carbons (Fsp3) is 0.364. The van der Waals surface area contributed by atoms with Gasteiger partial charge in [0, 0.05) is 11.8 Å². The van der Waals surface area contributed by atoms with Crippen molar-refractivity contribution in [2.75, 3.05) is 19.5 Å². The van der Waals surface area contributed by atoms with Crippen molar-refractivity contribution in [1.82, 2.24) is 14.8 Å². The maximum atomic E-state index is 13.9. The second-order valence-electron chi connectivity index (χ2n) is 6.87. The third-order valence-electron chi connectivity index (χ3n) is 4.35. The highest BCUT2D eigenvalue weighted by atomic mass is 32.2. The number of hydrogen-bond donors (Lipinski definition) is 0. The molecular weight excluding hydrogens is 405 g/mol. The Bertz CT molecular complexity index is 947. The molecule has 1 atom stereocenters. The number of methoxy groups -OCH3 is 1. The number of ether oxygens (including phenoxy) is 3. The van der Waals surface area contributed by atoms with E-state index in [0.717, 1.165) is 16.7 Å². The van der Waals surface area contributed by atoms with Crippen molar-refractivity contribution in [3.63, 3.8) is 0 Å². The molecular formula is C22H26FN3O3S. The fourth-order valence-corrected chi connectivity index (χ4v) is 3.79. The molecule has 1 unspecified atom stereocenters. The molecule has 0 saturated carbocycles. The number of thioether (sulfide) groups is 1. The first-order valence-electron chi connectivity index (χ1n) is 9.75. The molecule has 6 nitrogen and oxygen atoms in total. The van der Waals surface area contributed by atoms with E-state index in [9.17, 15) is 4.39 Å². The van der Waals surface area contributed by atoms with Gasteiger partial charge in [-0.05, 0) is 57.2 Å². The van der Waals surface area contributed by atoms with E-state index in [4.69, 9.17) is 14.2 Å². The summed E-state index contributed by atoms with van der Waals surface area (Å²) in [6.07, 6.45) is -0.443. The summed E-state index contributed by atoms with van der Waals surface area (Å²) in [7, 11) is 1.63. The predicted octanol–water partition coefficient (Wildman–Crippen LogP) is 5.32. The molecule has 3 aromatic rings. The molecule has 8 heteroatoms. The largest absolute Gasteiger partial charge is 0.497 e. The first kappa shape index (κ1) is 22.0. The van der Waals surface area contributed by atoms with Gasteiger partial charge in [-0.3, -0.25) is 0 Å². The first-order valence-corrected chi connectivity index (χ1v) is 10.7. The average molecular weight is 432 g/mol. The van der Waals surface area contributed by atoms with Crippen LogP contribution in [0.3, 0.4) is 0 Å². The van der Waals surface area contributed by atoms with Crippen LogP contribution in [0, 0.1) is 5.82 Å². The number of nitrogens with zero attached hydrogens (tertiary/aromatic N) is 3. The Morgan fingerprint density at radius 3 is 2.37 bits per heavy atom. The SMILES string of the molecule is COc1ccc(OCCSc2nnc(C(C)Oc3ccccc3F)n2C(C)C)cc1. The minimum Gasteiger partial charge on any atom is -0.497 e. The summed E-state index contributed by atoms with van der Waals surface area (Å²) in [4.78, 5) is 0. The molecule has 0 N–H and O–H groups in total. The summed E-state index contributed by atoms with van der Waals surface area (Å²) >= 11 is 1.56. The van der Waals surface area contributed by atoms with Gasteiger partial charge in [-0.15, -0.1) is 10.2 Å². The highest BCUT2D eigenvalue weighted by Gasteiger charge is 2.22. The lowest BCUT2D eigenvalue weighted by Gasteiger charge is -2.19. The van der Waals surface area contributed by atoms with Gasteiger partial charge in [0.05, 0.1) is 13.7 Å². The van der Waals surface area contributed by atoms with Crippen molar-refractivity contribution in [2.24, 2.45) is 0 Å². The third kappa shape index (κ3) is 5.44. The Hall–Kier alpha value is -2.74. The standard InChI is InChI=1S/C22H26FN3O3S/c1-15(2)26-21(16(3)29-20-8-6-5-7-19(20)23)24-25-22(26)30-14-13-28-18-11-9-17(27-4)10-12-18/h5-12,15-16H,13-14H2,1-4H3. The highest BCUT2D eigenvalue weighted by Crippen LogP contribution is 2.28. The Balaban J connectivity index is 1.61. The monoisotopic (exact) mass is 431 g/mol. The minimum absolute atomic E-state index is 0.131. The minimum atomic E-state index is -0.443. The molecule has 1 aromatic heterocycles. The number of halogens is 1. The van der Waals surface area contributed by atoms with E-state index in [0.29, 0.717) is 18.2 Å². The Morgan fingerprint density at radius 2 is 1.70 bits per heavy atom. The summed E-state index contributed by atoms with van der Waals surface area (Å²) in [5.41, 5.74) is 0. The molecule has 0 bridgehead atoms. The van der Waals surface area contributed by atoms with E-state index in [1.54, 1.807) is 37.1 Å². The highest BCUT2D eigenvalue weighted by molar-refractivity contribution is 7.99. The van der Waals surface area contributed by atoms with Crippen LogP contribution in [0.15, 0.2) is 53.7 Å². The van der Waals surface area contributed by atoms with E-state index in [1.807, 2.05) is 35.8 Å². The normalized spacial score (nSPS) is 12.1. The Morgan fingerprint density at radius 1 is 1.00 bits per heavy atom. The van der Waals surface area contributed by atoms with Crippen LogP contribution in [0.25, 0.3) is 0 Å². The van der Waals surface area contributed by atoms with Crippen molar-refractivity contribution in [2.45, 2.75) is 38.1 Å². The van der Waals surface area contributed by atoms with E-state index in [-0.39, 0.29) is 11.8 Å². The third-order valence-corrected chi connectivity index (χ3v) is 5.26. The van der Waals surface area contributed by atoms with Crippen LogP contribution >= 0.6 is 11.8 Å². The molecule has 0 saturated heterocycles. The summed E-state index contributed by atoms with van der Waals surface area (Å²) in [5.74, 6) is 2.75. The molecule has 0 radical (unpaired) electrons.